The summed E-state index contributed by atoms with van der Waals surface area (Å²) in [6.07, 6.45) is 1.23. The van der Waals surface area contributed by atoms with Crippen molar-refractivity contribution in [2.45, 2.75) is 0 Å². The van der Waals surface area contributed by atoms with Crippen molar-refractivity contribution in [2.75, 3.05) is 0 Å². The van der Waals surface area contributed by atoms with E-state index < -0.39 is 0 Å². The lowest BCUT2D eigenvalue weighted by Crippen LogP contribution is -1.78. The van der Waals surface area contributed by atoms with Gasteiger partial charge in [-0.25, -0.2) is 0 Å². The molecule has 0 aliphatic carbocycles. The minimum absolute atomic E-state index is 0.111. The van der Waals surface area contributed by atoms with Gasteiger partial charge in [-0.05, 0) is 12.1 Å². The fourth-order valence-electron chi connectivity index (χ4n) is 1.12. The summed E-state index contributed by atoms with van der Waals surface area (Å²) in [5, 5.41) is 19.0. The van der Waals surface area contributed by atoms with Gasteiger partial charge in [0.1, 0.15) is 0 Å². The quantitative estimate of drug-likeness (QED) is 0.617. The second kappa shape index (κ2) is 2.37. The highest BCUT2D eigenvalue weighted by atomic mass is 16.3. The number of fused-ring (bicyclic) bond motifs is 1. The van der Waals surface area contributed by atoms with Gasteiger partial charge in [-0.2, -0.15) is 0 Å². The smallest absolute Gasteiger partial charge is 0.176 e. The van der Waals surface area contributed by atoms with Gasteiger partial charge in [-0.3, -0.25) is 4.98 Å². The van der Waals surface area contributed by atoms with E-state index in [1.165, 1.54) is 6.20 Å². The molecular formula is C9H7NO2. The predicted molar refractivity (Wildman–Crippen MR) is 45.1 cm³/mol. The zero-order chi connectivity index (χ0) is 8.55. The third kappa shape index (κ3) is 0.871. The van der Waals surface area contributed by atoms with Crippen molar-refractivity contribution in [1.82, 2.24) is 4.98 Å². The zero-order valence-electron chi connectivity index (χ0n) is 6.23. The highest BCUT2D eigenvalue weighted by Crippen LogP contribution is 2.30. The van der Waals surface area contributed by atoms with Gasteiger partial charge < -0.3 is 10.2 Å². The van der Waals surface area contributed by atoms with E-state index in [4.69, 9.17) is 5.11 Å². The number of benzene rings is 1. The molecule has 0 amide bonds. The van der Waals surface area contributed by atoms with E-state index in [0.717, 1.165) is 0 Å². The third-order valence-electron chi connectivity index (χ3n) is 1.73. The largest absolute Gasteiger partial charge is 0.504 e. The van der Waals surface area contributed by atoms with E-state index in [1.807, 2.05) is 6.07 Å². The van der Waals surface area contributed by atoms with Crippen LogP contribution < -0.4 is 0 Å². The summed E-state index contributed by atoms with van der Waals surface area (Å²) in [6, 6.07) is 7.08. The fourth-order valence-corrected chi connectivity index (χ4v) is 1.12. The van der Waals surface area contributed by atoms with Crippen LogP contribution in [0.1, 0.15) is 0 Å². The maximum atomic E-state index is 9.37. The molecule has 1 aromatic carbocycles. The summed E-state index contributed by atoms with van der Waals surface area (Å²) in [5.74, 6) is -0.297. The summed E-state index contributed by atoms with van der Waals surface area (Å²) in [7, 11) is 0. The maximum Gasteiger partial charge on any atom is 0.176 e. The van der Waals surface area contributed by atoms with Crippen LogP contribution in [0.15, 0.2) is 30.5 Å². The molecule has 0 unspecified atom stereocenters. The molecule has 2 N–H and O–H groups in total. The summed E-state index contributed by atoms with van der Waals surface area (Å²) in [4.78, 5) is 3.93. The number of aromatic hydroxyl groups is 2. The highest BCUT2D eigenvalue weighted by Gasteiger charge is 2.03. The molecule has 0 spiro atoms. The van der Waals surface area contributed by atoms with Gasteiger partial charge in [0, 0.05) is 5.39 Å². The van der Waals surface area contributed by atoms with Gasteiger partial charge in [-0.1, -0.05) is 12.1 Å². The van der Waals surface area contributed by atoms with Crippen LogP contribution in [0.5, 0.6) is 11.5 Å². The average Bonchev–Trinajstić information content (AvgIpc) is 2.12. The van der Waals surface area contributed by atoms with Crippen molar-refractivity contribution in [2.24, 2.45) is 0 Å². The van der Waals surface area contributed by atoms with Crippen LogP contribution in [0.4, 0.5) is 0 Å². The van der Waals surface area contributed by atoms with Crippen molar-refractivity contribution in [3.05, 3.63) is 30.5 Å². The second-order valence-corrected chi connectivity index (χ2v) is 2.51. The Hall–Kier alpha value is -1.77. The van der Waals surface area contributed by atoms with Crippen LogP contribution in [0.2, 0.25) is 0 Å². The van der Waals surface area contributed by atoms with Gasteiger partial charge in [0.05, 0.1) is 11.7 Å². The van der Waals surface area contributed by atoms with Crippen LogP contribution >= 0.6 is 0 Å². The van der Waals surface area contributed by atoms with Crippen LogP contribution in [0.25, 0.3) is 10.9 Å². The van der Waals surface area contributed by atoms with Gasteiger partial charge >= 0.3 is 0 Å². The average molecular weight is 161 g/mol. The molecule has 0 fully saturated rings. The molecule has 3 nitrogen and oxygen atoms in total. The van der Waals surface area contributed by atoms with Crippen molar-refractivity contribution in [3.8, 4) is 11.5 Å². The third-order valence-corrected chi connectivity index (χ3v) is 1.73. The molecular weight excluding hydrogens is 154 g/mol. The van der Waals surface area contributed by atoms with E-state index in [9.17, 15) is 5.11 Å². The monoisotopic (exact) mass is 161 g/mol. The first kappa shape index (κ1) is 6.91. The second-order valence-electron chi connectivity index (χ2n) is 2.51. The highest BCUT2D eigenvalue weighted by molar-refractivity contribution is 5.86. The molecule has 0 bridgehead atoms. The van der Waals surface area contributed by atoms with Crippen LogP contribution in [0, 0.1) is 0 Å². The molecule has 0 aliphatic rings. The zero-order valence-corrected chi connectivity index (χ0v) is 6.23. The van der Waals surface area contributed by atoms with E-state index in [-0.39, 0.29) is 11.5 Å². The normalized spacial score (nSPS) is 10.3. The van der Waals surface area contributed by atoms with Gasteiger partial charge in [-0.15, -0.1) is 0 Å². The molecule has 3 heteroatoms. The lowest BCUT2D eigenvalue weighted by molar-refractivity contribution is 0.406. The Bertz CT molecular complexity index is 426. The van der Waals surface area contributed by atoms with Crippen molar-refractivity contribution in [1.29, 1.82) is 0 Å². The van der Waals surface area contributed by atoms with Gasteiger partial charge in [0.25, 0.3) is 0 Å². The molecule has 1 heterocycles. The fraction of sp³-hybridized carbons (Fsp3) is 0. The molecule has 1 aromatic heterocycles. The topological polar surface area (TPSA) is 53.4 Å². The van der Waals surface area contributed by atoms with Crippen molar-refractivity contribution < 1.29 is 10.2 Å². The first-order chi connectivity index (χ1) is 5.79. The number of hydrogen-bond donors (Lipinski definition) is 2. The Morgan fingerprint density at radius 2 is 1.83 bits per heavy atom. The molecule has 0 aliphatic heterocycles. The van der Waals surface area contributed by atoms with Gasteiger partial charge in [0.15, 0.2) is 11.5 Å². The number of aromatic nitrogens is 1. The lowest BCUT2D eigenvalue weighted by Gasteiger charge is -2.00. The van der Waals surface area contributed by atoms with Crippen molar-refractivity contribution in [3.63, 3.8) is 0 Å². The molecule has 0 saturated heterocycles. The number of pyridine rings is 1. The molecule has 2 aromatic rings. The Labute approximate surface area is 68.9 Å². The standard InChI is InChI=1S/C9H7NO2/c11-8-5-10-7-4-2-1-3-6(7)9(8)12/h1-5,11H,(H,10,12). The maximum absolute atomic E-state index is 9.37. The predicted octanol–water partition coefficient (Wildman–Crippen LogP) is 1.65. The molecule has 60 valence electrons. The summed E-state index contributed by atoms with van der Waals surface area (Å²) >= 11 is 0. The number of rotatable bonds is 0. The Kier molecular flexibility index (Phi) is 1.37. The first-order valence-electron chi connectivity index (χ1n) is 3.55. The number of hydrogen-bond acceptors (Lipinski definition) is 3. The SMILES string of the molecule is Oc1cnc2ccccc2c1O. The minimum atomic E-state index is -0.186. The molecule has 0 saturated carbocycles. The van der Waals surface area contributed by atoms with Crippen molar-refractivity contribution >= 4 is 10.9 Å². The van der Waals surface area contributed by atoms with Crippen LogP contribution in [-0.2, 0) is 0 Å². The molecule has 0 atom stereocenters. The summed E-state index contributed by atoms with van der Waals surface area (Å²) < 4.78 is 0. The summed E-state index contributed by atoms with van der Waals surface area (Å²) in [5.41, 5.74) is 0.674. The molecule has 0 radical (unpaired) electrons. The lowest BCUT2D eigenvalue weighted by atomic mass is 10.2. The van der Waals surface area contributed by atoms with E-state index >= 15 is 0 Å². The Morgan fingerprint density at radius 1 is 1.08 bits per heavy atom. The van der Waals surface area contributed by atoms with E-state index in [1.54, 1.807) is 18.2 Å². The Balaban J connectivity index is 2.91. The first-order valence-corrected chi connectivity index (χ1v) is 3.55. The molecule has 2 rings (SSSR count). The van der Waals surface area contributed by atoms with Gasteiger partial charge in [0.2, 0.25) is 0 Å². The van der Waals surface area contributed by atoms with Crippen LogP contribution in [0.3, 0.4) is 0 Å². The minimum Gasteiger partial charge on any atom is -0.504 e. The summed E-state index contributed by atoms with van der Waals surface area (Å²) in [6.45, 7) is 0. The van der Waals surface area contributed by atoms with Crippen LogP contribution in [-0.4, -0.2) is 15.2 Å². The number of para-hydroxylation sites is 1. The van der Waals surface area contributed by atoms with E-state index in [2.05, 4.69) is 4.98 Å². The Morgan fingerprint density at radius 3 is 2.67 bits per heavy atom. The number of nitrogens with zero attached hydrogens (tertiary/aromatic N) is 1. The van der Waals surface area contributed by atoms with E-state index in [0.29, 0.717) is 10.9 Å². The molecule has 12 heavy (non-hydrogen) atoms.